The molecule has 0 saturated heterocycles. The Morgan fingerprint density at radius 2 is 2.05 bits per heavy atom. The Bertz CT molecular complexity index is 435. The maximum atomic E-state index is 12.6. The second kappa shape index (κ2) is 6.38. The number of hydrogen-bond acceptors (Lipinski definition) is 2. The van der Waals surface area contributed by atoms with Crippen LogP contribution in [-0.4, -0.2) is 28.4 Å². The Balaban J connectivity index is 2.19. The Hall–Kier alpha value is -1.09. The maximum absolute atomic E-state index is 12.6. The summed E-state index contributed by atoms with van der Waals surface area (Å²) >= 11 is 5.95. The molecule has 0 unspecified atom stereocenters. The van der Waals surface area contributed by atoms with Crippen molar-refractivity contribution in [1.82, 2.24) is 9.88 Å². The molecule has 1 aliphatic rings. The first-order valence-electron chi connectivity index (χ1n) is 7.07. The van der Waals surface area contributed by atoms with Crippen LogP contribution in [0.3, 0.4) is 0 Å². The first-order valence-corrected chi connectivity index (χ1v) is 7.44. The van der Waals surface area contributed by atoms with Gasteiger partial charge in [-0.25, -0.2) is 4.98 Å². The topological polar surface area (TPSA) is 33.2 Å². The molecule has 0 aliphatic heterocycles. The zero-order chi connectivity index (χ0) is 13.8. The van der Waals surface area contributed by atoms with Gasteiger partial charge < -0.3 is 4.90 Å². The van der Waals surface area contributed by atoms with Crippen LogP contribution in [0.4, 0.5) is 0 Å². The molecule has 0 radical (unpaired) electrons. The predicted octanol–water partition coefficient (Wildman–Crippen LogP) is 3.84. The largest absolute Gasteiger partial charge is 0.336 e. The Kier molecular flexibility index (Phi) is 4.81. The van der Waals surface area contributed by atoms with E-state index in [0.29, 0.717) is 16.8 Å². The van der Waals surface area contributed by atoms with Gasteiger partial charge in [0.1, 0.15) is 5.15 Å². The number of pyridine rings is 1. The molecule has 1 aromatic heterocycles. The molecule has 0 atom stereocenters. The molecule has 1 saturated carbocycles. The fraction of sp³-hybridized carbons (Fsp3) is 0.600. The third kappa shape index (κ3) is 3.47. The van der Waals surface area contributed by atoms with Gasteiger partial charge in [0.05, 0.1) is 0 Å². The van der Waals surface area contributed by atoms with Crippen molar-refractivity contribution in [3.63, 3.8) is 0 Å². The van der Waals surface area contributed by atoms with Gasteiger partial charge in [0.2, 0.25) is 0 Å². The van der Waals surface area contributed by atoms with Gasteiger partial charge in [-0.15, -0.1) is 0 Å². The molecule has 0 bridgehead atoms. The van der Waals surface area contributed by atoms with E-state index >= 15 is 0 Å². The van der Waals surface area contributed by atoms with E-state index in [1.807, 2.05) is 24.8 Å². The average Bonchev–Trinajstić information content (AvgIpc) is 2.39. The minimum Gasteiger partial charge on any atom is -0.336 e. The lowest BCUT2D eigenvalue weighted by Crippen LogP contribution is -2.41. The number of halogens is 1. The molecule has 2 rings (SSSR count). The van der Waals surface area contributed by atoms with Crippen molar-refractivity contribution in [2.75, 3.05) is 6.54 Å². The SMILES string of the molecule is CCN(C(=O)c1cc(C)nc(Cl)c1)C1CCCCC1. The molecule has 1 amide bonds. The second-order valence-corrected chi connectivity index (χ2v) is 5.59. The summed E-state index contributed by atoms with van der Waals surface area (Å²) in [6.07, 6.45) is 5.99. The minimum atomic E-state index is 0.0850. The number of carbonyl (C=O) groups is 1. The summed E-state index contributed by atoms with van der Waals surface area (Å²) in [4.78, 5) is 18.7. The van der Waals surface area contributed by atoms with Gasteiger partial charge in [0.15, 0.2) is 0 Å². The third-order valence-corrected chi connectivity index (χ3v) is 3.98. The highest BCUT2D eigenvalue weighted by molar-refractivity contribution is 6.29. The standard InChI is InChI=1S/C15H21ClN2O/c1-3-18(13-7-5-4-6-8-13)15(19)12-9-11(2)17-14(16)10-12/h9-10,13H,3-8H2,1-2H3. The number of hydrogen-bond donors (Lipinski definition) is 0. The van der Waals surface area contributed by atoms with Crippen LogP contribution in [0.5, 0.6) is 0 Å². The molecule has 3 nitrogen and oxygen atoms in total. The van der Waals surface area contributed by atoms with Crippen LogP contribution in [0.25, 0.3) is 0 Å². The highest BCUT2D eigenvalue weighted by Gasteiger charge is 2.25. The molecule has 1 aliphatic carbocycles. The van der Waals surface area contributed by atoms with Crippen molar-refractivity contribution < 1.29 is 4.79 Å². The first kappa shape index (κ1) is 14.3. The molecule has 0 spiro atoms. The molecule has 104 valence electrons. The van der Waals surface area contributed by atoms with Gasteiger partial charge in [0, 0.05) is 23.8 Å². The van der Waals surface area contributed by atoms with E-state index in [0.717, 1.165) is 25.1 Å². The van der Waals surface area contributed by atoms with Gasteiger partial charge in [-0.1, -0.05) is 30.9 Å². The Morgan fingerprint density at radius 3 is 2.63 bits per heavy atom. The molecule has 0 aromatic carbocycles. The van der Waals surface area contributed by atoms with Crippen molar-refractivity contribution in [2.45, 2.75) is 52.0 Å². The van der Waals surface area contributed by atoms with E-state index < -0.39 is 0 Å². The summed E-state index contributed by atoms with van der Waals surface area (Å²) in [5.41, 5.74) is 1.44. The number of carbonyl (C=O) groups excluding carboxylic acids is 1. The predicted molar refractivity (Wildman–Crippen MR) is 77.6 cm³/mol. The van der Waals surface area contributed by atoms with Crippen LogP contribution < -0.4 is 0 Å². The van der Waals surface area contributed by atoms with Crippen LogP contribution in [-0.2, 0) is 0 Å². The van der Waals surface area contributed by atoms with E-state index in [9.17, 15) is 4.79 Å². The van der Waals surface area contributed by atoms with Crippen molar-refractivity contribution >= 4 is 17.5 Å². The quantitative estimate of drug-likeness (QED) is 0.788. The number of aryl methyl sites for hydroxylation is 1. The van der Waals surface area contributed by atoms with Gasteiger partial charge >= 0.3 is 0 Å². The fourth-order valence-electron chi connectivity index (χ4n) is 2.88. The lowest BCUT2D eigenvalue weighted by atomic mass is 9.93. The first-order chi connectivity index (χ1) is 9.11. The smallest absolute Gasteiger partial charge is 0.254 e. The number of aromatic nitrogens is 1. The summed E-state index contributed by atoms with van der Waals surface area (Å²) in [6, 6.07) is 3.88. The molecule has 0 N–H and O–H groups in total. The van der Waals surface area contributed by atoms with E-state index in [1.54, 1.807) is 6.07 Å². The van der Waals surface area contributed by atoms with Gasteiger partial charge in [-0.05, 0) is 38.8 Å². The minimum absolute atomic E-state index is 0.0850. The van der Waals surface area contributed by atoms with Gasteiger partial charge in [-0.3, -0.25) is 4.79 Å². The molecule has 19 heavy (non-hydrogen) atoms. The monoisotopic (exact) mass is 280 g/mol. The van der Waals surface area contributed by atoms with Gasteiger partial charge in [-0.2, -0.15) is 0 Å². The zero-order valence-corrected chi connectivity index (χ0v) is 12.4. The number of nitrogens with zero attached hydrogens (tertiary/aromatic N) is 2. The highest BCUT2D eigenvalue weighted by atomic mass is 35.5. The summed E-state index contributed by atoms with van der Waals surface area (Å²) in [7, 11) is 0. The van der Waals surface area contributed by atoms with Crippen LogP contribution in [0.1, 0.15) is 55.1 Å². The third-order valence-electron chi connectivity index (χ3n) is 3.79. The molecular formula is C15H21ClN2O. The van der Waals surface area contributed by atoms with E-state index in [1.165, 1.54) is 19.3 Å². The van der Waals surface area contributed by atoms with E-state index in [-0.39, 0.29) is 5.91 Å². The average molecular weight is 281 g/mol. The van der Waals surface area contributed by atoms with Crippen LogP contribution >= 0.6 is 11.6 Å². The molecule has 1 aromatic rings. The van der Waals surface area contributed by atoms with Crippen molar-refractivity contribution in [3.8, 4) is 0 Å². The molecule has 1 fully saturated rings. The molecule has 1 heterocycles. The van der Waals surface area contributed by atoms with Crippen LogP contribution in [0.15, 0.2) is 12.1 Å². The van der Waals surface area contributed by atoms with Crippen molar-refractivity contribution in [3.05, 3.63) is 28.5 Å². The summed E-state index contributed by atoms with van der Waals surface area (Å²) in [6.45, 7) is 4.66. The highest BCUT2D eigenvalue weighted by Crippen LogP contribution is 2.24. The fourth-order valence-corrected chi connectivity index (χ4v) is 3.13. The lowest BCUT2D eigenvalue weighted by Gasteiger charge is -2.33. The number of amides is 1. The summed E-state index contributed by atoms with van der Waals surface area (Å²) in [5.74, 6) is 0.0850. The van der Waals surface area contributed by atoms with Crippen LogP contribution in [0, 0.1) is 6.92 Å². The summed E-state index contributed by atoms with van der Waals surface area (Å²) < 4.78 is 0. The van der Waals surface area contributed by atoms with E-state index in [4.69, 9.17) is 11.6 Å². The Labute approximate surface area is 120 Å². The number of rotatable bonds is 3. The molecular weight excluding hydrogens is 260 g/mol. The normalized spacial score (nSPS) is 16.4. The maximum Gasteiger partial charge on any atom is 0.254 e. The Morgan fingerprint density at radius 1 is 1.37 bits per heavy atom. The van der Waals surface area contributed by atoms with Crippen LogP contribution in [0.2, 0.25) is 5.15 Å². The second-order valence-electron chi connectivity index (χ2n) is 5.20. The summed E-state index contributed by atoms with van der Waals surface area (Å²) in [5, 5.41) is 0.392. The zero-order valence-electron chi connectivity index (χ0n) is 11.7. The van der Waals surface area contributed by atoms with Gasteiger partial charge in [0.25, 0.3) is 5.91 Å². The van der Waals surface area contributed by atoms with E-state index in [2.05, 4.69) is 4.98 Å². The van der Waals surface area contributed by atoms with Crippen molar-refractivity contribution in [2.24, 2.45) is 0 Å². The lowest BCUT2D eigenvalue weighted by molar-refractivity contribution is 0.0647. The van der Waals surface area contributed by atoms with Crippen molar-refractivity contribution in [1.29, 1.82) is 0 Å². The molecule has 4 heteroatoms.